The van der Waals surface area contributed by atoms with Gasteiger partial charge in [-0.2, -0.15) is 0 Å². The number of carbonyl (C=O) groups is 1. The van der Waals surface area contributed by atoms with Crippen LogP contribution >= 0.6 is 0 Å². The number of carbonyl (C=O) groups excluding carboxylic acids is 1. The molecule has 0 aliphatic carbocycles. The summed E-state index contributed by atoms with van der Waals surface area (Å²) in [5.74, 6) is 1.18. The van der Waals surface area contributed by atoms with Crippen LogP contribution in [0.2, 0.25) is 0 Å². The van der Waals surface area contributed by atoms with Gasteiger partial charge >= 0.3 is 0 Å². The molecule has 1 unspecified atom stereocenters. The van der Waals surface area contributed by atoms with Gasteiger partial charge in [-0.15, -0.1) is 0 Å². The maximum atomic E-state index is 12.3. The van der Waals surface area contributed by atoms with Gasteiger partial charge in [0.1, 0.15) is 17.3 Å². The normalized spacial score (nSPS) is 13.7. The van der Waals surface area contributed by atoms with Crippen LogP contribution in [0.1, 0.15) is 33.2 Å². The Labute approximate surface area is 132 Å². The molecule has 23 heavy (non-hydrogen) atoms. The molecular weight excluding hydrogens is 298 g/mol. The number of nitrogens with one attached hydrogen (secondary N) is 1. The summed E-state index contributed by atoms with van der Waals surface area (Å²) in [6, 6.07) is 6.61. The molecule has 0 fully saturated rings. The standard InChI is InChI=1S/C17H17NO5/c1-11-8-14(12(2)23-11)16(19)18-10-17(20,13-5-7-21-9-13)15-4-3-6-22-15/h3-9,20H,10H2,1-2H3,(H,18,19). The van der Waals surface area contributed by atoms with Gasteiger partial charge < -0.3 is 23.7 Å². The van der Waals surface area contributed by atoms with Gasteiger partial charge in [-0.05, 0) is 38.1 Å². The lowest BCUT2D eigenvalue weighted by atomic mass is 9.93. The van der Waals surface area contributed by atoms with E-state index in [1.807, 2.05) is 0 Å². The summed E-state index contributed by atoms with van der Waals surface area (Å²) in [5.41, 5.74) is -0.580. The third-order valence-corrected chi connectivity index (χ3v) is 3.72. The Bertz CT molecular complexity index is 749. The molecule has 0 spiro atoms. The summed E-state index contributed by atoms with van der Waals surface area (Å²) >= 11 is 0. The van der Waals surface area contributed by atoms with Gasteiger partial charge in [-0.25, -0.2) is 0 Å². The zero-order valence-electron chi connectivity index (χ0n) is 12.8. The van der Waals surface area contributed by atoms with Crippen LogP contribution in [-0.2, 0) is 5.60 Å². The largest absolute Gasteiger partial charge is 0.472 e. The van der Waals surface area contributed by atoms with Crippen molar-refractivity contribution in [2.24, 2.45) is 0 Å². The van der Waals surface area contributed by atoms with Crippen LogP contribution in [0.5, 0.6) is 0 Å². The Morgan fingerprint density at radius 3 is 2.70 bits per heavy atom. The van der Waals surface area contributed by atoms with Gasteiger partial charge in [-0.3, -0.25) is 4.79 Å². The van der Waals surface area contributed by atoms with E-state index >= 15 is 0 Å². The van der Waals surface area contributed by atoms with Crippen molar-refractivity contribution in [1.82, 2.24) is 5.32 Å². The first kappa shape index (κ1) is 15.2. The molecule has 0 aromatic carbocycles. The van der Waals surface area contributed by atoms with E-state index in [-0.39, 0.29) is 12.5 Å². The van der Waals surface area contributed by atoms with E-state index in [4.69, 9.17) is 13.3 Å². The highest BCUT2D eigenvalue weighted by molar-refractivity contribution is 5.95. The molecule has 1 amide bonds. The Hall–Kier alpha value is -2.73. The number of hydrogen-bond acceptors (Lipinski definition) is 5. The van der Waals surface area contributed by atoms with Gasteiger partial charge in [0.2, 0.25) is 0 Å². The van der Waals surface area contributed by atoms with Crippen molar-refractivity contribution in [2.75, 3.05) is 6.54 Å². The Morgan fingerprint density at radius 1 is 1.30 bits per heavy atom. The molecule has 0 aliphatic heterocycles. The van der Waals surface area contributed by atoms with Crippen molar-refractivity contribution < 1.29 is 23.2 Å². The molecule has 0 saturated heterocycles. The Balaban J connectivity index is 1.83. The first-order valence-corrected chi connectivity index (χ1v) is 7.15. The number of furan rings is 3. The van der Waals surface area contributed by atoms with Crippen molar-refractivity contribution in [3.05, 3.63) is 71.5 Å². The minimum absolute atomic E-state index is 0.0669. The second-order valence-electron chi connectivity index (χ2n) is 5.36. The average Bonchev–Trinajstić information content (AvgIpc) is 3.26. The summed E-state index contributed by atoms with van der Waals surface area (Å²) < 4.78 is 15.7. The fraction of sp³-hybridized carbons (Fsp3) is 0.235. The monoisotopic (exact) mass is 315 g/mol. The first-order chi connectivity index (χ1) is 11.0. The van der Waals surface area contributed by atoms with Crippen molar-refractivity contribution in [1.29, 1.82) is 0 Å². The Kier molecular flexibility index (Phi) is 3.83. The molecule has 1 atom stereocenters. The predicted molar refractivity (Wildman–Crippen MR) is 80.9 cm³/mol. The van der Waals surface area contributed by atoms with E-state index in [1.165, 1.54) is 18.8 Å². The maximum absolute atomic E-state index is 12.3. The number of aliphatic hydroxyl groups is 1. The summed E-state index contributed by atoms with van der Waals surface area (Å²) in [6.45, 7) is 3.42. The topological polar surface area (TPSA) is 88.8 Å². The molecule has 0 saturated carbocycles. The predicted octanol–water partition coefficient (Wildman–Crippen LogP) is 2.75. The van der Waals surface area contributed by atoms with Gasteiger partial charge in [-0.1, -0.05) is 0 Å². The third-order valence-electron chi connectivity index (χ3n) is 3.72. The van der Waals surface area contributed by atoms with Crippen LogP contribution in [0, 0.1) is 13.8 Å². The molecule has 120 valence electrons. The number of rotatable bonds is 5. The molecule has 3 aromatic heterocycles. The second kappa shape index (κ2) is 5.81. The average molecular weight is 315 g/mol. The van der Waals surface area contributed by atoms with E-state index in [1.54, 1.807) is 38.1 Å². The fourth-order valence-corrected chi connectivity index (χ4v) is 2.50. The minimum Gasteiger partial charge on any atom is -0.472 e. The molecule has 0 radical (unpaired) electrons. The zero-order chi connectivity index (χ0) is 16.4. The van der Waals surface area contributed by atoms with Crippen LogP contribution in [0.15, 0.2) is 56.3 Å². The fourth-order valence-electron chi connectivity index (χ4n) is 2.50. The molecule has 6 heteroatoms. The van der Waals surface area contributed by atoms with Gasteiger partial charge in [0.15, 0.2) is 5.60 Å². The lowest BCUT2D eigenvalue weighted by molar-refractivity contribution is 0.0520. The van der Waals surface area contributed by atoms with Gasteiger partial charge in [0.25, 0.3) is 5.91 Å². The summed E-state index contributed by atoms with van der Waals surface area (Å²) in [4.78, 5) is 12.3. The summed E-state index contributed by atoms with van der Waals surface area (Å²) in [6.07, 6.45) is 4.34. The van der Waals surface area contributed by atoms with Crippen molar-refractivity contribution in [2.45, 2.75) is 19.4 Å². The van der Waals surface area contributed by atoms with E-state index in [0.29, 0.717) is 28.4 Å². The molecule has 0 bridgehead atoms. The minimum atomic E-state index is -1.52. The summed E-state index contributed by atoms with van der Waals surface area (Å²) in [5, 5.41) is 13.7. The van der Waals surface area contributed by atoms with Crippen LogP contribution in [-0.4, -0.2) is 17.6 Å². The lowest BCUT2D eigenvalue weighted by Gasteiger charge is -2.25. The smallest absolute Gasteiger partial charge is 0.254 e. The number of hydrogen-bond donors (Lipinski definition) is 2. The third kappa shape index (κ3) is 2.80. The molecular formula is C17H17NO5. The van der Waals surface area contributed by atoms with Crippen molar-refractivity contribution >= 4 is 5.91 Å². The van der Waals surface area contributed by atoms with Crippen LogP contribution in [0.3, 0.4) is 0 Å². The number of amides is 1. The van der Waals surface area contributed by atoms with Crippen LogP contribution < -0.4 is 5.32 Å². The van der Waals surface area contributed by atoms with Gasteiger partial charge in [0, 0.05) is 5.56 Å². The quantitative estimate of drug-likeness (QED) is 0.755. The maximum Gasteiger partial charge on any atom is 0.254 e. The highest BCUT2D eigenvalue weighted by atomic mass is 16.4. The second-order valence-corrected chi connectivity index (χ2v) is 5.36. The van der Waals surface area contributed by atoms with Crippen LogP contribution in [0.25, 0.3) is 0 Å². The van der Waals surface area contributed by atoms with E-state index < -0.39 is 5.60 Å². The van der Waals surface area contributed by atoms with E-state index in [2.05, 4.69) is 5.32 Å². The number of aryl methyl sites for hydroxylation is 2. The molecule has 3 rings (SSSR count). The summed E-state index contributed by atoms with van der Waals surface area (Å²) in [7, 11) is 0. The highest BCUT2D eigenvalue weighted by Crippen LogP contribution is 2.30. The van der Waals surface area contributed by atoms with Crippen LogP contribution in [0.4, 0.5) is 0 Å². The molecule has 2 N–H and O–H groups in total. The molecule has 0 aliphatic rings. The Morgan fingerprint density at radius 2 is 2.13 bits per heavy atom. The molecule has 3 aromatic rings. The molecule has 6 nitrogen and oxygen atoms in total. The molecule has 3 heterocycles. The van der Waals surface area contributed by atoms with E-state index in [9.17, 15) is 9.90 Å². The van der Waals surface area contributed by atoms with Crippen molar-refractivity contribution in [3.8, 4) is 0 Å². The first-order valence-electron chi connectivity index (χ1n) is 7.15. The van der Waals surface area contributed by atoms with Gasteiger partial charge in [0.05, 0.1) is 30.9 Å². The van der Waals surface area contributed by atoms with Crippen molar-refractivity contribution in [3.63, 3.8) is 0 Å². The SMILES string of the molecule is Cc1cc(C(=O)NCC(O)(c2ccoc2)c2ccco2)c(C)o1. The highest BCUT2D eigenvalue weighted by Gasteiger charge is 2.36. The lowest BCUT2D eigenvalue weighted by Crippen LogP contribution is -2.41. The van der Waals surface area contributed by atoms with E-state index in [0.717, 1.165) is 0 Å². The zero-order valence-corrected chi connectivity index (χ0v) is 12.8.